The van der Waals surface area contributed by atoms with Crippen molar-refractivity contribution in [1.82, 2.24) is 0 Å². The van der Waals surface area contributed by atoms with E-state index in [2.05, 4.69) is 36.2 Å². The average Bonchev–Trinajstić information content (AvgIpc) is 2.90. The molecule has 0 aliphatic carbocycles. The maximum Gasteiger partial charge on any atom is 0.155 e. The molecular formula is C17H18N2OS. The molecule has 1 heterocycles. The summed E-state index contributed by atoms with van der Waals surface area (Å²) in [4.78, 5) is 4.45. The summed E-state index contributed by atoms with van der Waals surface area (Å²) in [5.74, 6) is 0. The van der Waals surface area contributed by atoms with Crippen molar-refractivity contribution in [3.05, 3.63) is 71.3 Å². The first kappa shape index (κ1) is 14.2. The van der Waals surface area contributed by atoms with Crippen LogP contribution in [0.5, 0.6) is 0 Å². The summed E-state index contributed by atoms with van der Waals surface area (Å²) in [5.41, 5.74) is 9.14. The third-order valence-electron chi connectivity index (χ3n) is 3.70. The molecule has 0 amide bonds. The van der Waals surface area contributed by atoms with E-state index in [9.17, 15) is 5.11 Å². The largest absolute Gasteiger partial charge is 0.386 e. The molecule has 2 aromatic rings. The van der Waals surface area contributed by atoms with Gasteiger partial charge in [-0.2, -0.15) is 0 Å². The predicted molar refractivity (Wildman–Crippen MR) is 88.3 cm³/mol. The zero-order chi connectivity index (χ0) is 14.8. The maximum atomic E-state index is 10.6. The monoisotopic (exact) mass is 298 g/mol. The highest BCUT2D eigenvalue weighted by Crippen LogP contribution is 2.43. The van der Waals surface area contributed by atoms with Gasteiger partial charge in [-0.15, -0.1) is 0 Å². The molecule has 21 heavy (non-hydrogen) atoms. The molecule has 1 aliphatic heterocycles. The van der Waals surface area contributed by atoms with E-state index in [1.54, 1.807) is 0 Å². The number of nitrogens with two attached hydrogens (primary N) is 1. The highest BCUT2D eigenvalue weighted by Gasteiger charge is 2.36. The van der Waals surface area contributed by atoms with Crippen molar-refractivity contribution >= 4 is 16.9 Å². The van der Waals surface area contributed by atoms with Gasteiger partial charge >= 0.3 is 0 Å². The minimum atomic E-state index is -0.647. The number of hydrogen-bond acceptors (Lipinski definition) is 4. The van der Waals surface area contributed by atoms with Crippen LogP contribution < -0.4 is 5.73 Å². The van der Waals surface area contributed by atoms with Crippen LogP contribution in [0.15, 0.2) is 59.6 Å². The van der Waals surface area contributed by atoms with Crippen LogP contribution in [-0.4, -0.2) is 16.3 Å². The first-order valence-electron chi connectivity index (χ1n) is 6.94. The highest BCUT2D eigenvalue weighted by atomic mass is 32.2. The summed E-state index contributed by atoms with van der Waals surface area (Å²) in [7, 11) is 0. The van der Waals surface area contributed by atoms with E-state index in [0.717, 1.165) is 11.1 Å². The Morgan fingerprint density at radius 3 is 2.43 bits per heavy atom. The Hall–Kier alpha value is -1.78. The summed E-state index contributed by atoms with van der Waals surface area (Å²) in [6.45, 7) is 2.06. The molecule has 0 aromatic heterocycles. The van der Waals surface area contributed by atoms with Crippen molar-refractivity contribution in [2.75, 3.05) is 0 Å². The van der Waals surface area contributed by atoms with Gasteiger partial charge in [0, 0.05) is 0 Å². The molecule has 3 rings (SSSR count). The molecule has 1 aliphatic rings. The quantitative estimate of drug-likeness (QED) is 0.915. The van der Waals surface area contributed by atoms with Crippen LogP contribution in [0.2, 0.25) is 0 Å². The fourth-order valence-corrected chi connectivity index (χ4v) is 3.63. The van der Waals surface area contributed by atoms with Gasteiger partial charge in [-0.3, -0.25) is 4.99 Å². The number of aliphatic imine (C=N–C) groups is 1. The number of aliphatic hydroxyl groups excluding tert-OH is 1. The summed E-state index contributed by atoms with van der Waals surface area (Å²) in [6, 6.07) is 17.7. The Labute approximate surface area is 128 Å². The van der Waals surface area contributed by atoms with E-state index in [-0.39, 0.29) is 11.3 Å². The number of thioether (sulfide) groups is 1. The van der Waals surface area contributed by atoms with E-state index < -0.39 is 6.10 Å². The number of amidine groups is 1. The second kappa shape index (κ2) is 5.92. The van der Waals surface area contributed by atoms with Crippen molar-refractivity contribution in [3.8, 4) is 0 Å². The van der Waals surface area contributed by atoms with Crippen molar-refractivity contribution in [1.29, 1.82) is 0 Å². The van der Waals surface area contributed by atoms with Gasteiger partial charge in [-0.1, -0.05) is 71.9 Å². The molecule has 3 atom stereocenters. The van der Waals surface area contributed by atoms with E-state index >= 15 is 0 Å². The van der Waals surface area contributed by atoms with Crippen LogP contribution in [0.4, 0.5) is 0 Å². The fourth-order valence-electron chi connectivity index (χ4n) is 2.55. The Balaban J connectivity index is 1.90. The second-order valence-electron chi connectivity index (χ2n) is 5.26. The molecule has 0 unspecified atom stereocenters. The number of aryl methyl sites for hydroxylation is 1. The SMILES string of the molecule is Cc1ccc([C@@H]2SC(N)=N[C@@H]2[C@H](O)c2ccccc2)cc1. The third kappa shape index (κ3) is 2.96. The Kier molecular flexibility index (Phi) is 3.99. The van der Waals surface area contributed by atoms with E-state index in [0.29, 0.717) is 5.17 Å². The summed E-state index contributed by atoms with van der Waals surface area (Å²) >= 11 is 1.52. The van der Waals surface area contributed by atoms with Gasteiger partial charge in [0.2, 0.25) is 0 Å². The topological polar surface area (TPSA) is 58.6 Å². The van der Waals surface area contributed by atoms with Gasteiger partial charge in [0.05, 0.1) is 11.3 Å². The molecule has 0 bridgehead atoms. The van der Waals surface area contributed by atoms with Gasteiger partial charge < -0.3 is 10.8 Å². The van der Waals surface area contributed by atoms with Crippen LogP contribution in [0.25, 0.3) is 0 Å². The lowest BCUT2D eigenvalue weighted by molar-refractivity contribution is 0.147. The molecule has 3 nitrogen and oxygen atoms in total. The number of nitrogens with zero attached hydrogens (tertiary/aromatic N) is 1. The molecule has 0 saturated heterocycles. The lowest BCUT2D eigenvalue weighted by Crippen LogP contribution is -2.20. The van der Waals surface area contributed by atoms with Crippen LogP contribution in [-0.2, 0) is 0 Å². The number of hydrogen-bond donors (Lipinski definition) is 2. The van der Waals surface area contributed by atoms with Crippen molar-refractivity contribution in [3.63, 3.8) is 0 Å². The zero-order valence-electron chi connectivity index (χ0n) is 11.8. The molecular weight excluding hydrogens is 280 g/mol. The Morgan fingerprint density at radius 2 is 1.76 bits per heavy atom. The second-order valence-corrected chi connectivity index (χ2v) is 6.42. The molecule has 0 radical (unpaired) electrons. The molecule has 3 N–H and O–H groups in total. The van der Waals surface area contributed by atoms with Gasteiger partial charge in [0.15, 0.2) is 5.17 Å². The smallest absolute Gasteiger partial charge is 0.155 e. The van der Waals surface area contributed by atoms with E-state index in [1.165, 1.54) is 17.3 Å². The van der Waals surface area contributed by atoms with Gasteiger partial charge in [-0.05, 0) is 18.1 Å². The standard InChI is InChI=1S/C17H18N2OS/c1-11-7-9-13(10-8-11)16-14(19-17(18)21-16)15(20)12-5-3-2-4-6-12/h2-10,14-16,20H,1H3,(H2,18,19)/t14-,15-,16+/m1/s1. The molecule has 108 valence electrons. The lowest BCUT2D eigenvalue weighted by atomic mass is 9.96. The minimum Gasteiger partial charge on any atom is -0.386 e. The average molecular weight is 298 g/mol. The summed E-state index contributed by atoms with van der Waals surface area (Å²) in [5, 5.41) is 11.2. The van der Waals surface area contributed by atoms with Crippen LogP contribution in [0.1, 0.15) is 28.0 Å². The summed E-state index contributed by atoms with van der Waals surface area (Å²) < 4.78 is 0. The fraction of sp³-hybridized carbons (Fsp3) is 0.235. The molecule has 0 spiro atoms. The van der Waals surface area contributed by atoms with Crippen molar-refractivity contribution < 1.29 is 5.11 Å². The van der Waals surface area contributed by atoms with Crippen LogP contribution in [0, 0.1) is 6.92 Å². The number of benzene rings is 2. The first-order valence-corrected chi connectivity index (χ1v) is 7.82. The predicted octanol–water partition coefficient (Wildman–Crippen LogP) is 3.20. The minimum absolute atomic E-state index is 0.0563. The molecule has 0 fully saturated rings. The maximum absolute atomic E-state index is 10.6. The first-order chi connectivity index (χ1) is 10.1. The third-order valence-corrected chi connectivity index (χ3v) is 4.86. The zero-order valence-corrected chi connectivity index (χ0v) is 12.6. The Morgan fingerprint density at radius 1 is 1.10 bits per heavy atom. The van der Waals surface area contributed by atoms with Crippen molar-refractivity contribution in [2.45, 2.75) is 24.3 Å². The van der Waals surface area contributed by atoms with Crippen LogP contribution >= 0.6 is 11.8 Å². The van der Waals surface area contributed by atoms with Gasteiger partial charge in [0.25, 0.3) is 0 Å². The molecule has 2 aromatic carbocycles. The Bertz CT molecular complexity index is 640. The molecule has 4 heteroatoms. The summed E-state index contributed by atoms with van der Waals surface area (Å²) in [6.07, 6.45) is -0.647. The van der Waals surface area contributed by atoms with Gasteiger partial charge in [-0.25, -0.2) is 0 Å². The van der Waals surface area contributed by atoms with Crippen molar-refractivity contribution in [2.24, 2.45) is 10.7 Å². The van der Waals surface area contributed by atoms with E-state index in [4.69, 9.17) is 5.73 Å². The normalized spacial score (nSPS) is 22.9. The highest BCUT2D eigenvalue weighted by molar-refractivity contribution is 8.14. The number of rotatable bonds is 3. The van der Waals surface area contributed by atoms with Crippen LogP contribution in [0.3, 0.4) is 0 Å². The van der Waals surface area contributed by atoms with E-state index in [1.807, 2.05) is 30.3 Å². The lowest BCUT2D eigenvalue weighted by Gasteiger charge is -2.23. The van der Waals surface area contributed by atoms with Gasteiger partial charge in [0.1, 0.15) is 6.10 Å². The number of aliphatic hydroxyl groups is 1. The molecule has 0 saturated carbocycles.